The molecule has 2 heterocycles. The van der Waals surface area contributed by atoms with E-state index in [0.29, 0.717) is 19.6 Å². The van der Waals surface area contributed by atoms with Gasteiger partial charge in [-0.3, -0.25) is 29.9 Å². The number of carbonyl (C=O) groups is 4. The fourth-order valence-electron chi connectivity index (χ4n) is 4.39. The van der Waals surface area contributed by atoms with Crippen LogP contribution in [0.2, 0.25) is 5.02 Å². The molecule has 2 aromatic rings. The molecule has 12 heteroatoms. The first-order valence-electron chi connectivity index (χ1n) is 12.0. The smallest absolute Gasteiger partial charge is 0.328 e. The number of nitrogens with one attached hydrogen (secondary N) is 2. The van der Waals surface area contributed by atoms with Crippen LogP contribution >= 0.6 is 11.6 Å². The average molecular weight is 547 g/mol. The molecule has 0 aliphatic carbocycles. The molecule has 2 aliphatic heterocycles. The Kier molecular flexibility index (Phi) is 7.89. The lowest BCUT2D eigenvalue weighted by atomic mass is 10.0. The van der Waals surface area contributed by atoms with Crippen molar-refractivity contribution in [3.63, 3.8) is 0 Å². The summed E-state index contributed by atoms with van der Waals surface area (Å²) in [6.45, 7) is 6.59. The number of amides is 5. The lowest BCUT2D eigenvalue weighted by Crippen LogP contribution is -2.67. The van der Waals surface area contributed by atoms with Gasteiger partial charge in [-0.25, -0.2) is 9.18 Å². The maximum atomic E-state index is 13.2. The minimum Gasteiger partial charge on any atom is -0.480 e. The van der Waals surface area contributed by atoms with Gasteiger partial charge in [-0.1, -0.05) is 23.7 Å². The number of piperazine rings is 1. The van der Waals surface area contributed by atoms with Gasteiger partial charge in [0.1, 0.15) is 5.82 Å². The zero-order chi connectivity index (χ0) is 27.6. The summed E-state index contributed by atoms with van der Waals surface area (Å²) in [6, 6.07) is 9.70. The van der Waals surface area contributed by atoms with Crippen LogP contribution in [-0.2, 0) is 20.9 Å². The largest absolute Gasteiger partial charge is 0.480 e. The molecule has 0 bridgehead atoms. The molecule has 2 saturated heterocycles. The third-order valence-corrected chi connectivity index (χ3v) is 6.86. The Morgan fingerprint density at radius 2 is 1.68 bits per heavy atom. The summed E-state index contributed by atoms with van der Waals surface area (Å²) in [4.78, 5) is 53.2. The number of barbiturate groups is 1. The number of urea groups is 1. The standard InChI is InChI=1S/C26H28ClFN4O6/c1-15-12-32(16(2)11-31(15)13-17-4-7-19(28)8-5-17)22(33)14-37-20-9-6-18(27)10-21(20)38-26(3)23(34)29-25(36)30-24(26)35/h4-10,15-16H,11-14H2,1-3H3,(H2,29,30,34,35,36)/t15-,16+/m0/s1. The number of carbonyl (C=O) groups excluding carboxylic acids is 4. The van der Waals surface area contributed by atoms with Crippen molar-refractivity contribution in [2.75, 3.05) is 19.7 Å². The quantitative estimate of drug-likeness (QED) is 0.512. The molecule has 2 fully saturated rings. The van der Waals surface area contributed by atoms with Gasteiger partial charge in [0.05, 0.1) is 0 Å². The Hall–Kier alpha value is -3.70. The summed E-state index contributed by atoms with van der Waals surface area (Å²) in [7, 11) is 0. The van der Waals surface area contributed by atoms with Gasteiger partial charge >= 0.3 is 6.03 Å². The van der Waals surface area contributed by atoms with Crippen LogP contribution in [-0.4, -0.2) is 70.9 Å². The van der Waals surface area contributed by atoms with Gasteiger partial charge in [0.25, 0.3) is 23.3 Å². The zero-order valence-electron chi connectivity index (χ0n) is 21.1. The predicted octanol–water partition coefficient (Wildman–Crippen LogP) is 2.48. The molecule has 0 saturated carbocycles. The Morgan fingerprint density at radius 3 is 2.34 bits per heavy atom. The summed E-state index contributed by atoms with van der Waals surface area (Å²) in [6.07, 6.45) is 0. The van der Waals surface area contributed by atoms with E-state index in [1.54, 1.807) is 17.0 Å². The second kappa shape index (κ2) is 11.0. The van der Waals surface area contributed by atoms with Gasteiger partial charge < -0.3 is 14.4 Å². The summed E-state index contributed by atoms with van der Waals surface area (Å²) in [5.41, 5.74) is -1.08. The number of hydrogen-bond donors (Lipinski definition) is 2. The Bertz CT molecular complexity index is 1240. The van der Waals surface area contributed by atoms with Crippen LogP contribution in [0.25, 0.3) is 0 Å². The molecule has 2 atom stereocenters. The monoisotopic (exact) mass is 546 g/mol. The molecule has 2 aromatic carbocycles. The fourth-order valence-corrected chi connectivity index (χ4v) is 4.55. The molecule has 0 unspecified atom stereocenters. The third-order valence-electron chi connectivity index (χ3n) is 6.63. The van der Waals surface area contributed by atoms with Crippen LogP contribution in [0, 0.1) is 5.82 Å². The molecular weight excluding hydrogens is 519 g/mol. The molecule has 0 radical (unpaired) electrons. The van der Waals surface area contributed by atoms with Crippen molar-refractivity contribution in [2.45, 2.75) is 45.0 Å². The number of ether oxygens (including phenoxy) is 2. The maximum absolute atomic E-state index is 13.2. The fraction of sp³-hybridized carbons (Fsp3) is 0.385. The molecule has 4 rings (SSSR count). The Labute approximate surface area is 224 Å². The second-order valence-electron chi connectivity index (χ2n) is 9.55. The van der Waals surface area contributed by atoms with Crippen molar-refractivity contribution in [2.24, 2.45) is 0 Å². The van der Waals surface area contributed by atoms with Crippen LogP contribution in [0.1, 0.15) is 26.3 Å². The number of benzene rings is 2. The molecule has 38 heavy (non-hydrogen) atoms. The first-order valence-corrected chi connectivity index (χ1v) is 12.4. The van der Waals surface area contributed by atoms with Crippen molar-refractivity contribution in [3.8, 4) is 11.5 Å². The highest BCUT2D eigenvalue weighted by Gasteiger charge is 2.49. The van der Waals surface area contributed by atoms with Gasteiger partial charge in [0.2, 0.25) is 0 Å². The van der Waals surface area contributed by atoms with E-state index in [4.69, 9.17) is 21.1 Å². The van der Waals surface area contributed by atoms with Crippen LogP contribution in [0.5, 0.6) is 11.5 Å². The van der Waals surface area contributed by atoms with E-state index in [-0.39, 0.29) is 46.9 Å². The van der Waals surface area contributed by atoms with Crippen LogP contribution in [0.4, 0.5) is 9.18 Å². The van der Waals surface area contributed by atoms with Gasteiger partial charge in [-0.2, -0.15) is 0 Å². The van der Waals surface area contributed by atoms with E-state index in [0.717, 1.165) is 5.56 Å². The molecule has 0 spiro atoms. The molecule has 202 valence electrons. The Balaban J connectivity index is 1.40. The number of imide groups is 2. The number of rotatable bonds is 7. The lowest BCUT2D eigenvalue weighted by Gasteiger charge is -2.44. The van der Waals surface area contributed by atoms with Crippen molar-refractivity contribution in [1.29, 1.82) is 0 Å². The van der Waals surface area contributed by atoms with E-state index < -0.39 is 23.4 Å². The maximum Gasteiger partial charge on any atom is 0.328 e. The van der Waals surface area contributed by atoms with Gasteiger partial charge in [0, 0.05) is 42.8 Å². The Morgan fingerprint density at radius 1 is 1.03 bits per heavy atom. The SMILES string of the molecule is C[C@@H]1CN(Cc2ccc(F)cc2)[C@@H](C)CN1C(=O)COc1ccc(Cl)cc1OC1(C)C(=O)NC(=O)NC1=O. The van der Waals surface area contributed by atoms with Gasteiger partial charge in [-0.05, 0) is 50.6 Å². The summed E-state index contributed by atoms with van der Waals surface area (Å²) >= 11 is 6.09. The van der Waals surface area contributed by atoms with Crippen molar-refractivity contribution >= 4 is 35.4 Å². The third kappa shape index (κ3) is 5.89. The summed E-state index contributed by atoms with van der Waals surface area (Å²) in [5, 5.41) is 4.22. The van der Waals surface area contributed by atoms with Crippen LogP contribution in [0.15, 0.2) is 42.5 Å². The van der Waals surface area contributed by atoms with E-state index in [2.05, 4.69) is 4.90 Å². The van der Waals surface area contributed by atoms with E-state index in [1.165, 1.54) is 37.3 Å². The van der Waals surface area contributed by atoms with E-state index >= 15 is 0 Å². The minimum atomic E-state index is -2.06. The van der Waals surface area contributed by atoms with Crippen molar-refractivity contribution in [1.82, 2.24) is 20.4 Å². The average Bonchev–Trinajstić information content (AvgIpc) is 2.85. The highest BCUT2D eigenvalue weighted by molar-refractivity contribution is 6.30. The molecular formula is C26H28ClFN4O6. The first kappa shape index (κ1) is 27.3. The lowest BCUT2D eigenvalue weighted by molar-refractivity contribution is -0.150. The number of hydrogen-bond acceptors (Lipinski definition) is 7. The summed E-state index contributed by atoms with van der Waals surface area (Å²) in [5.74, 6) is -2.38. The highest BCUT2D eigenvalue weighted by atomic mass is 35.5. The van der Waals surface area contributed by atoms with Crippen molar-refractivity contribution in [3.05, 3.63) is 58.9 Å². The topological polar surface area (TPSA) is 117 Å². The summed E-state index contributed by atoms with van der Waals surface area (Å²) < 4.78 is 24.7. The molecule has 10 nitrogen and oxygen atoms in total. The van der Waals surface area contributed by atoms with Gasteiger partial charge in [-0.15, -0.1) is 0 Å². The molecule has 5 amide bonds. The zero-order valence-corrected chi connectivity index (χ0v) is 21.9. The van der Waals surface area contributed by atoms with Gasteiger partial charge in [0.15, 0.2) is 18.1 Å². The number of nitrogens with zero attached hydrogens (tertiary/aromatic N) is 2. The molecule has 2 N–H and O–H groups in total. The second-order valence-corrected chi connectivity index (χ2v) is 9.99. The molecule has 0 aromatic heterocycles. The normalized spacial score (nSPS) is 21.5. The predicted molar refractivity (Wildman–Crippen MR) is 135 cm³/mol. The first-order chi connectivity index (χ1) is 18.0. The molecule has 2 aliphatic rings. The van der Waals surface area contributed by atoms with Crippen molar-refractivity contribution < 1.29 is 33.0 Å². The van der Waals surface area contributed by atoms with Crippen LogP contribution < -0.4 is 20.1 Å². The van der Waals surface area contributed by atoms with E-state index in [9.17, 15) is 23.6 Å². The minimum absolute atomic E-state index is 0.0435. The highest BCUT2D eigenvalue weighted by Crippen LogP contribution is 2.34. The van der Waals surface area contributed by atoms with Crippen LogP contribution in [0.3, 0.4) is 0 Å². The van der Waals surface area contributed by atoms with E-state index in [1.807, 2.05) is 24.5 Å². The number of halogens is 2.